The number of carbonyl (C=O) groups is 1. The van der Waals surface area contributed by atoms with Crippen LogP contribution in [0.4, 0.5) is 5.95 Å². The Kier molecular flexibility index (Phi) is 7.50. The van der Waals surface area contributed by atoms with E-state index in [0.29, 0.717) is 10.6 Å². The summed E-state index contributed by atoms with van der Waals surface area (Å²) in [4.78, 5) is 21.1. The van der Waals surface area contributed by atoms with Crippen LogP contribution in [-0.4, -0.2) is 41.4 Å². The highest BCUT2D eigenvalue weighted by Gasteiger charge is 2.28. The van der Waals surface area contributed by atoms with Gasteiger partial charge in [-0.2, -0.15) is 4.98 Å². The summed E-state index contributed by atoms with van der Waals surface area (Å²) in [6, 6.07) is 14.0. The Morgan fingerprint density at radius 2 is 1.77 bits per heavy atom. The average Bonchev–Trinajstić information content (AvgIpc) is 2.76. The number of rotatable bonds is 7. The Morgan fingerprint density at radius 1 is 1.10 bits per heavy atom. The first-order chi connectivity index (χ1) is 14.8. The third-order valence-electron chi connectivity index (χ3n) is 4.55. The van der Waals surface area contributed by atoms with Gasteiger partial charge in [0.1, 0.15) is 16.5 Å². The molecule has 31 heavy (non-hydrogen) atoms. The average molecular weight is 460 g/mol. The molecule has 0 bridgehead atoms. The molecular formula is C22H22ClN3O4S. The quantitative estimate of drug-likeness (QED) is 0.225. The fraction of sp³-hybridized carbons (Fsp3) is 0.227. The minimum Gasteiger partial charge on any atom is -0.588 e. The van der Waals surface area contributed by atoms with E-state index in [2.05, 4.69) is 9.97 Å². The molecule has 0 aliphatic heterocycles. The Morgan fingerprint density at radius 3 is 2.42 bits per heavy atom. The normalized spacial score (nSPS) is 11.8. The summed E-state index contributed by atoms with van der Waals surface area (Å²) < 4.78 is 24.7. The Hall–Kier alpha value is -2.65. The van der Waals surface area contributed by atoms with Crippen molar-refractivity contribution in [2.24, 2.45) is 0 Å². The summed E-state index contributed by atoms with van der Waals surface area (Å²) in [6.07, 6.45) is 0. The van der Waals surface area contributed by atoms with Crippen molar-refractivity contribution < 1.29 is 18.8 Å². The van der Waals surface area contributed by atoms with Gasteiger partial charge >= 0.3 is 5.97 Å². The van der Waals surface area contributed by atoms with Gasteiger partial charge in [-0.25, -0.2) is 9.78 Å². The third kappa shape index (κ3) is 5.16. The maximum Gasteiger partial charge on any atom is 0.338 e. The number of hydrogen-bond acceptors (Lipinski definition) is 7. The topological polar surface area (TPSA) is 87.6 Å². The summed E-state index contributed by atoms with van der Waals surface area (Å²) in [5, 5.41) is 0.212. The Bertz CT molecular complexity index is 1080. The van der Waals surface area contributed by atoms with Crippen LogP contribution in [0.15, 0.2) is 53.4 Å². The van der Waals surface area contributed by atoms with Gasteiger partial charge in [-0.3, -0.25) is 0 Å². The first-order valence-corrected chi connectivity index (χ1v) is 10.8. The molecule has 9 heteroatoms. The van der Waals surface area contributed by atoms with Crippen LogP contribution in [0.25, 0.3) is 11.3 Å². The molecule has 7 nitrogen and oxygen atoms in total. The number of aryl methyl sites for hydroxylation is 2. The molecule has 0 aliphatic carbocycles. The van der Waals surface area contributed by atoms with Crippen molar-refractivity contribution in [2.75, 3.05) is 25.3 Å². The second-order valence-electron chi connectivity index (χ2n) is 6.71. The molecule has 1 atom stereocenters. The van der Waals surface area contributed by atoms with Gasteiger partial charge in [-0.05, 0) is 37.1 Å². The van der Waals surface area contributed by atoms with E-state index in [9.17, 15) is 9.35 Å². The number of benzene rings is 2. The van der Waals surface area contributed by atoms with Crippen molar-refractivity contribution in [3.05, 3.63) is 70.4 Å². The molecular weight excluding hydrogens is 438 g/mol. The van der Waals surface area contributed by atoms with Crippen molar-refractivity contribution >= 4 is 34.9 Å². The van der Waals surface area contributed by atoms with Crippen LogP contribution in [0.5, 0.6) is 0 Å². The molecule has 0 amide bonds. The van der Waals surface area contributed by atoms with E-state index in [-0.39, 0.29) is 23.4 Å². The number of methoxy groups -OCH3 is 2. The third-order valence-corrected chi connectivity index (χ3v) is 6.07. The van der Waals surface area contributed by atoms with Gasteiger partial charge in [0.2, 0.25) is 0 Å². The first kappa shape index (κ1) is 23.0. The van der Waals surface area contributed by atoms with Crippen LogP contribution in [-0.2, 0) is 20.8 Å². The summed E-state index contributed by atoms with van der Waals surface area (Å²) >= 11 is 4.54. The Balaban J connectivity index is 2.06. The predicted octanol–water partition coefficient (Wildman–Crippen LogP) is 4.33. The highest BCUT2D eigenvalue weighted by Crippen LogP contribution is 2.30. The smallest absolute Gasteiger partial charge is 0.338 e. The molecule has 1 unspecified atom stereocenters. The van der Waals surface area contributed by atoms with E-state index in [4.69, 9.17) is 21.1 Å². The molecule has 3 rings (SSSR count). The zero-order valence-electron chi connectivity index (χ0n) is 17.6. The van der Waals surface area contributed by atoms with Gasteiger partial charge in [0.25, 0.3) is 5.95 Å². The molecule has 1 aromatic heterocycles. The number of anilines is 1. The van der Waals surface area contributed by atoms with Crippen molar-refractivity contribution in [1.82, 2.24) is 9.97 Å². The van der Waals surface area contributed by atoms with Crippen LogP contribution in [0.1, 0.15) is 21.5 Å². The molecule has 0 N–H and O–H groups in total. The second kappa shape index (κ2) is 10.1. The zero-order valence-corrected chi connectivity index (χ0v) is 19.2. The number of ether oxygens (including phenoxy) is 2. The fourth-order valence-corrected chi connectivity index (χ4v) is 4.42. The molecule has 3 aromatic rings. The lowest BCUT2D eigenvalue weighted by Gasteiger charge is -2.23. The molecule has 1 heterocycles. The molecule has 0 saturated heterocycles. The molecule has 0 aliphatic rings. The minimum atomic E-state index is -1.77. The number of aromatic nitrogens is 2. The van der Waals surface area contributed by atoms with E-state index in [0.717, 1.165) is 16.7 Å². The fourth-order valence-electron chi connectivity index (χ4n) is 3.14. The van der Waals surface area contributed by atoms with Crippen molar-refractivity contribution in [3.8, 4) is 11.3 Å². The highest BCUT2D eigenvalue weighted by molar-refractivity contribution is 7.92. The molecule has 0 spiro atoms. The standard InChI is InChI=1S/C22H22ClN3O4S/c1-14-7-5-8-15(2)20(14)18-12-19(23)25-22(24-18)26(13-29-3)31(28)17-10-6-9-16(11-17)21(27)30-4/h5-12H,13H2,1-4H3. The lowest BCUT2D eigenvalue weighted by Crippen LogP contribution is -2.34. The van der Waals surface area contributed by atoms with Crippen molar-refractivity contribution in [2.45, 2.75) is 18.7 Å². The molecule has 0 saturated carbocycles. The number of halogens is 1. The van der Waals surface area contributed by atoms with Crippen LogP contribution < -0.4 is 4.31 Å². The minimum absolute atomic E-state index is 0.0540. The van der Waals surface area contributed by atoms with Gasteiger partial charge < -0.3 is 14.0 Å². The molecule has 2 aromatic carbocycles. The van der Waals surface area contributed by atoms with Gasteiger partial charge in [-0.1, -0.05) is 35.9 Å². The summed E-state index contributed by atoms with van der Waals surface area (Å²) in [7, 11) is 2.77. The van der Waals surface area contributed by atoms with Gasteiger partial charge in [-0.15, -0.1) is 4.31 Å². The first-order valence-electron chi connectivity index (χ1n) is 9.33. The predicted molar refractivity (Wildman–Crippen MR) is 120 cm³/mol. The van der Waals surface area contributed by atoms with E-state index in [1.54, 1.807) is 24.3 Å². The summed E-state index contributed by atoms with van der Waals surface area (Å²) in [5.41, 5.74) is 3.90. The molecule has 162 valence electrons. The lowest BCUT2D eigenvalue weighted by molar-refractivity contribution is 0.0600. The SMILES string of the molecule is COCN(c1nc(Cl)cc(-c2c(C)cccc2C)n1)[S+]([O-])c1cccc(C(=O)OC)c1. The van der Waals surface area contributed by atoms with E-state index < -0.39 is 17.3 Å². The highest BCUT2D eigenvalue weighted by atomic mass is 35.5. The summed E-state index contributed by atoms with van der Waals surface area (Å²) in [5.74, 6) is -0.373. The van der Waals surface area contributed by atoms with Gasteiger partial charge in [0.05, 0.1) is 18.4 Å². The second-order valence-corrected chi connectivity index (χ2v) is 8.51. The number of hydrogen-bond donors (Lipinski definition) is 0. The van der Waals surface area contributed by atoms with Crippen LogP contribution >= 0.6 is 11.6 Å². The maximum absolute atomic E-state index is 13.4. The largest absolute Gasteiger partial charge is 0.588 e. The van der Waals surface area contributed by atoms with Crippen LogP contribution in [0.3, 0.4) is 0 Å². The molecule has 0 radical (unpaired) electrons. The lowest BCUT2D eigenvalue weighted by atomic mass is 10.00. The zero-order chi connectivity index (χ0) is 22.5. The number of carbonyl (C=O) groups excluding carboxylic acids is 1. The monoisotopic (exact) mass is 459 g/mol. The number of esters is 1. The van der Waals surface area contributed by atoms with Crippen molar-refractivity contribution in [1.29, 1.82) is 0 Å². The van der Waals surface area contributed by atoms with Crippen LogP contribution in [0, 0.1) is 13.8 Å². The maximum atomic E-state index is 13.4. The van der Waals surface area contributed by atoms with Crippen LogP contribution in [0.2, 0.25) is 5.15 Å². The van der Waals surface area contributed by atoms with Gasteiger partial charge in [0.15, 0.2) is 11.6 Å². The van der Waals surface area contributed by atoms with E-state index in [1.165, 1.54) is 24.6 Å². The van der Waals surface area contributed by atoms with E-state index in [1.807, 2.05) is 32.0 Å². The van der Waals surface area contributed by atoms with Crippen molar-refractivity contribution in [3.63, 3.8) is 0 Å². The number of nitrogens with zero attached hydrogens (tertiary/aromatic N) is 3. The van der Waals surface area contributed by atoms with E-state index >= 15 is 0 Å². The van der Waals surface area contributed by atoms with Gasteiger partial charge in [0, 0.05) is 24.8 Å². The summed E-state index contributed by atoms with van der Waals surface area (Å²) in [6.45, 7) is 3.92. The molecule has 0 fully saturated rings. The Labute approximate surface area is 189 Å².